The summed E-state index contributed by atoms with van der Waals surface area (Å²) in [6.07, 6.45) is 0.843. The maximum Gasteiger partial charge on any atom is 0.246 e. The van der Waals surface area contributed by atoms with Crippen LogP contribution in [0.3, 0.4) is 0 Å². The van der Waals surface area contributed by atoms with Crippen LogP contribution in [0.1, 0.15) is 18.1 Å². The Morgan fingerprint density at radius 3 is 2.59 bits per heavy atom. The van der Waals surface area contributed by atoms with Crippen molar-refractivity contribution >= 4 is 21.6 Å². The molecule has 0 radical (unpaired) electrons. The third-order valence-electron chi connectivity index (χ3n) is 4.93. The van der Waals surface area contributed by atoms with Crippen LogP contribution in [0, 0.1) is 0 Å². The molecule has 0 fully saturated rings. The first-order valence-corrected chi connectivity index (χ1v) is 11.0. The number of nitrogens with one attached hydrogen (secondary N) is 1. The molecule has 1 amide bonds. The Balaban J connectivity index is 1.71. The van der Waals surface area contributed by atoms with E-state index in [9.17, 15) is 13.2 Å². The third kappa shape index (κ3) is 4.71. The molecule has 8 heteroatoms. The lowest BCUT2D eigenvalue weighted by Gasteiger charge is -2.29. The van der Waals surface area contributed by atoms with Gasteiger partial charge in [-0.15, -0.1) is 0 Å². The summed E-state index contributed by atoms with van der Waals surface area (Å²) in [7, 11) is -0.722. The predicted octanol–water partition coefficient (Wildman–Crippen LogP) is 2.33. The standard InChI is InChI=1S/C21H27N3O4S/c1-4-28-19-10-9-18(13-20(19)29(26,27)23(2)3)22-14-21(25)24-12-11-16-7-5-6-8-17(16)15-24/h5-10,13,22H,4,11-12,14-15H2,1-3H3. The SMILES string of the molecule is CCOc1ccc(NCC(=O)N2CCc3ccccc3C2)cc1S(=O)(=O)N(C)C. The summed E-state index contributed by atoms with van der Waals surface area (Å²) in [5.41, 5.74) is 3.02. The van der Waals surface area contributed by atoms with Gasteiger partial charge in [-0.25, -0.2) is 12.7 Å². The van der Waals surface area contributed by atoms with Gasteiger partial charge in [0.15, 0.2) is 0 Å². The molecule has 0 aliphatic carbocycles. The van der Waals surface area contributed by atoms with Gasteiger partial charge in [-0.05, 0) is 42.7 Å². The molecule has 0 aromatic heterocycles. The Morgan fingerprint density at radius 1 is 1.17 bits per heavy atom. The van der Waals surface area contributed by atoms with E-state index < -0.39 is 10.0 Å². The molecule has 0 bridgehead atoms. The van der Waals surface area contributed by atoms with Crippen molar-refractivity contribution in [3.63, 3.8) is 0 Å². The lowest BCUT2D eigenvalue weighted by molar-refractivity contribution is -0.130. The minimum Gasteiger partial charge on any atom is -0.492 e. The lowest BCUT2D eigenvalue weighted by atomic mass is 10.00. The van der Waals surface area contributed by atoms with Gasteiger partial charge in [-0.2, -0.15) is 0 Å². The van der Waals surface area contributed by atoms with Crippen LogP contribution >= 0.6 is 0 Å². The number of amides is 1. The van der Waals surface area contributed by atoms with Crippen LogP contribution in [0.5, 0.6) is 5.75 Å². The number of anilines is 1. The average molecular weight is 418 g/mol. The molecule has 29 heavy (non-hydrogen) atoms. The highest BCUT2D eigenvalue weighted by Gasteiger charge is 2.24. The van der Waals surface area contributed by atoms with Gasteiger partial charge in [-0.3, -0.25) is 4.79 Å². The van der Waals surface area contributed by atoms with Crippen molar-refractivity contribution in [3.05, 3.63) is 53.6 Å². The van der Waals surface area contributed by atoms with Crippen molar-refractivity contribution in [1.82, 2.24) is 9.21 Å². The fraction of sp³-hybridized carbons (Fsp3) is 0.381. The molecule has 156 valence electrons. The van der Waals surface area contributed by atoms with Crippen LogP contribution in [0.2, 0.25) is 0 Å². The first-order valence-electron chi connectivity index (χ1n) is 9.60. The van der Waals surface area contributed by atoms with Crippen molar-refractivity contribution in [2.75, 3.05) is 39.1 Å². The van der Waals surface area contributed by atoms with Crippen LogP contribution < -0.4 is 10.1 Å². The molecule has 3 rings (SSSR count). The van der Waals surface area contributed by atoms with Crippen LogP contribution in [-0.4, -0.2) is 57.3 Å². The zero-order chi connectivity index (χ0) is 21.0. The Hall–Kier alpha value is -2.58. The van der Waals surface area contributed by atoms with Crippen molar-refractivity contribution in [1.29, 1.82) is 0 Å². The summed E-state index contributed by atoms with van der Waals surface area (Å²) in [5, 5.41) is 3.06. The number of carbonyl (C=O) groups is 1. The molecule has 1 N–H and O–H groups in total. The van der Waals surface area contributed by atoms with E-state index in [0.29, 0.717) is 31.1 Å². The number of hydrogen-bond donors (Lipinski definition) is 1. The van der Waals surface area contributed by atoms with E-state index in [1.54, 1.807) is 19.1 Å². The quantitative estimate of drug-likeness (QED) is 0.748. The second kappa shape index (κ2) is 8.84. The summed E-state index contributed by atoms with van der Waals surface area (Å²) >= 11 is 0. The molecule has 0 spiro atoms. The maximum absolute atomic E-state index is 12.7. The lowest BCUT2D eigenvalue weighted by Crippen LogP contribution is -2.39. The van der Waals surface area contributed by atoms with Crippen molar-refractivity contribution < 1.29 is 17.9 Å². The zero-order valence-corrected chi connectivity index (χ0v) is 17.8. The number of nitrogens with zero attached hydrogens (tertiary/aromatic N) is 2. The van der Waals surface area contributed by atoms with Crippen LogP contribution in [0.25, 0.3) is 0 Å². The number of fused-ring (bicyclic) bond motifs is 1. The van der Waals surface area contributed by atoms with E-state index in [1.165, 1.54) is 31.3 Å². The Labute approximate surface area is 172 Å². The third-order valence-corrected chi connectivity index (χ3v) is 6.77. The first kappa shape index (κ1) is 21.1. The molecule has 2 aromatic carbocycles. The molecule has 1 aliphatic rings. The molecule has 0 atom stereocenters. The number of sulfonamides is 1. The minimum absolute atomic E-state index is 0.0228. The van der Waals surface area contributed by atoms with Gasteiger partial charge in [-0.1, -0.05) is 24.3 Å². The van der Waals surface area contributed by atoms with Crippen molar-refractivity contribution in [3.8, 4) is 5.75 Å². The molecule has 1 heterocycles. The van der Waals surface area contributed by atoms with Gasteiger partial charge in [0.05, 0.1) is 13.2 Å². The van der Waals surface area contributed by atoms with Gasteiger partial charge >= 0.3 is 0 Å². The van der Waals surface area contributed by atoms with Crippen molar-refractivity contribution in [2.45, 2.75) is 24.8 Å². The largest absolute Gasteiger partial charge is 0.492 e. The summed E-state index contributed by atoms with van der Waals surface area (Å²) in [6.45, 7) is 3.53. The number of rotatable bonds is 7. The van der Waals surface area contributed by atoms with Crippen LogP contribution in [0.15, 0.2) is 47.4 Å². The Morgan fingerprint density at radius 2 is 1.90 bits per heavy atom. The smallest absolute Gasteiger partial charge is 0.246 e. The molecule has 0 unspecified atom stereocenters. The Kier molecular flexibility index (Phi) is 6.44. The molecular weight excluding hydrogens is 390 g/mol. The summed E-state index contributed by atoms with van der Waals surface area (Å²) < 4.78 is 31.9. The molecule has 1 aliphatic heterocycles. The highest BCUT2D eigenvalue weighted by atomic mass is 32.2. The number of hydrogen-bond acceptors (Lipinski definition) is 5. The van der Waals surface area contributed by atoms with E-state index in [-0.39, 0.29) is 17.3 Å². The Bertz CT molecular complexity index is 989. The minimum atomic E-state index is -3.67. The summed E-state index contributed by atoms with van der Waals surface area (Å²) in [4.78, 5) is 14.6. The molecule has 7 nitrogen and oxygen atoms in total. The van der Waals surface area contributed by atoms with E-state index in [2.05, 4.69) is 11.4 Å². The monoisotopic (exact) mass is 417 g/mol. The van der Waals surface area contributed by atoms with Crippen LogP contribution in [0.4, 0.5) is 5.69 Å². The average Bonchev–Trinajstić information content (AvgIpc) is 2.72. The fourth-order valence-corrected chi connectivity index (χ4v) is 4.34. The second-order valence-corrected chi connectivity index (χ2v) is 9.19. The predicted molar refractivity (Wildman–Crippen MR) is 113 cm³/mol. The first-order chi connectivity index (χ1) is 13.8. The molecule has 0 saturated carbocycles. The van der Waals surface area contributed by atoms with E-state index in [1.807, 2.05) is 23.1 Å². The normalized spacial score (nSPS) is 13.9. The fourth-order valence-electron chi connectivity index (χ4n) is 3.29. The van der Waals surface area contributed by atoms with Gasteiger partial charge in [0.1, 0.15) is 10.6 Å². The van der Waals surface area contributed by atoms with E-state index >= 15 is 0 Å². The highest BCUT2D eigenvalue weighted by molar-refractivity contribution is 7.89. The molecular formula is C21H27N3O4S. The van der Waals surface area contributed by atoms with Crippen LogP contribution in [-0.2, 0) is 27.8 Å². The zero-order valence-electron chi connectivity index (χ0n) is 17.0. The van der Waals surface area contributed by atoms with Gasteiger partial charge in [0.25, 0.3) is 0 Å². The van der Waals surface area contributed by atoms with Crippen molar-refractivity contribution in [2.24, 2.45) is 0 Å². The maximum atomic E-state index is 12.7. The van der Waals surface area contributed by atoms with E-state index in [0.717, 1.165) is 10.7 Å². The second-order valence-electron chi connectivity index (χ2n) is 7.07. The summed E-state index contributed by atoms with van der Waals surface area (Å²) in [5.74, 6) is 0.274. The molecule has 2 aromatic rings. The topological polar surface area (TPSA) is 79.0 Å². The summed E-state index contributed by atoms with van der Waals surface area (Å²) in [6, 6.07) is 13.0. The highest BCUT2D eigenvalue weighted by Crippen LogP contribution is 2.29. The number of benzene rings is 2. The number of ether oxygens (including phenoxy) is 1. The van der Waals surface area contributed by atoms with Gasteiger partial charge < -0.3 is 15.0 Å². The van der Waals surface area contributed by atoms with Gasteiger partial charge in [0, 0.05) is 32.9 Å². The number of carbonyl (C=O) groups excluding carboxylic acids is 1. The molecule has 0 saturated heterocycles. The van der Waals surface area contributed by atoms with E-state index in [4.69, 9.17) is 4.74 Å². The van der Waals surface area contributed by atoms with Gasteiger partial charge in [0.2, 0.25) is 15.9 Å².